The predicted molar refractivity (Wildman–Crippen MR) is 95.2 cm³/mol. The van der Waals surface area contributed by atoms with Gasteiger partial charge >= 0.3 is 5.97 Å². The number of phenolic OH excluding ortho intramolecular Hbond substituents is 1. The van der Waals surface area contributed by atoms with Gasteiger partial charge in [0.2, 0.25) is 0 Å². The summed E-state index contributed by atoms with van der Waals surface area (Å²) in [7, 11) is 0. The average molecular weight is 320 g/mol. The minimum atomic E-state index is -0.337. The third kappa shape index (κ3) is 5.26. The van der Waals surface area contributed by atoms with Crippen molar-refractivity contribution in [3.05, 3.63) is 28.8 Å². The van der Waals surface area contributed by atoms with E-state index in [2.05, 4.69) is 0 Å². The van der Waals surface area contributed by atoms with Crippen LogP contribution < -0.4 is 0 Å². The zero-order valence-electron chi connectivity index (χ0n) is 16.1. The van der Waals surface area contributed by atoms with E-state index in [0.29, 0.717) is 12.2 Å². The molecule has 3 nitrogen and oxygen atoms in total. The van der Waals surface area contributed by atoms with Crippen molar-refractivity contribution in [1.82, 2.24) is 0 Å². The van der Waals surface area contributed by atoms with E-state index in [-0.39, 0.29) is 28.0 Å². The highest BCUT2D eigenvalue weighted by atomic mass is 16.5. The van der Waals surface area contributed by atoms with Crippen LogP contribution in [0.25, 0.3) is 0 Å². The van der Waals surface area contributed by atoms with Gasteiger partial charge in [0.15, 0.2) is 0 Å². The first kappa shape index (κ1) is 19.5. The Balaban J connectivity index is 3.36. The van der Waals surface area contributed by atoms with Gasteiger partial charge in [0.25, 0.3) is 0 Å². The number of hydrogen-bond acceptors (Lipinski definition) is 3. The van der Waals surface area contributed by atoms with Gasteiger partial charge in [-0.2, -0.15) is 0 Å². The van der Waals surface area contributed by atoms with Crippen LogP contribution in [-0.2, 0) is 15.6 Å². The topological polar surface area (TPSA) is 46.5 Å². The lowest BCUT2D eigenvalue weighted by Gasteiger charge is -2.28. The second kappa shape index (κ2) is 6.18. The third-order valence-corrected chi connectivity index (χ3v) is 3.60. The standard InChI is InChI=1S/C20H32O3/c1-18(2,3)12-23-17(22)13-10-14(19(4,5)6)16(21)15(11-13)20(7,8)9/h10-11,21H,12H2,1-9H3. The van der Waals surface area contributed by atoms with Crippen molar-refractivity contribution in [1.29, 1.82) is 0 Å². The van der Waals surface area contributed by atoms with E-state index in [4.69, 9.17) is 4.74 Å². The van der Waals surface area contributed by atoms with Crippen molar-refractivity contribution in [2.24, 2.45) is 5.41 Å². The van der Waals surface area contributed by atoms with E-state index in [9.17, 15) is 9.90 Å². The zero-order chi connectivity index (χ0) is 18.2. The summed E-state index contributed by atoms with van der Waals surface area (Å²) in [5.74, 6) is -0.0618. The molecule has 1 N–H and O–H groups in total. The van der Waals surface area contributed by atoms with E-state index in [1.54, 1.807) is 12.1 Å². The van der Waals surface area contributed by atoms with Gasteiger partial charge in [-0.25, -0.2) is 4.79 Å². The number of phenols is 1. The second-order valence-electron chi connectivity index (χ2n) is 9.56. The molecular formula is C20H32O3. The highest BCUT2D eigenvalue weighted by Gasteiger charge is 2.28. The van der Waals surface area contributed by atoms with Gasteiger partial charge in [-0.1, -0.05) is 62.3 Å². The van der Waals surface area contributed by atoms with Gasteiger partial charge in [0, 0.05) is 11.1 Å². The molecule has 3 heteroatoms. The molecule has 0 unspecified atom stereocenters. The first-order valence-corrected chi connectivity index (χ1v) is 8.18. The van der Waals surface area contributed by atoms with Crippen LogP contribution >= 0.6 is 0 Å². The van der Waals surface area contributed by atoms with Crippen molar-refractivity contribution in [3.8, 4) is 5.75 Å². The highest BCUT2D eigenvalue weighted by molar-refractivity contribution is 5.90. The summed E-state index contributed by atoms with van der Waals surface area (Å²) in [4.78, 5) is 12.5. The van der Waals surface area contributed by atoms with Crippen LogP contribution in [0.4, 0.5) is 0 Å². The quantitative estimate of drug-likeness (QED) is 0.763. The smallest absolute Gasteiger partial charge is 0.338 e. The van der Waals surface area contributed by atoms with Gasteiger partial charge in [0.05, 0.1) is 12.2 Å². The lowest BCUT2D eigenvalue weighted by Crippen LogP contribution is -2.21. The Bertz CT molecular complexity index is 543. The van der Waals surface area contributed by atoms with E-state index in [1.165, 1.54) is 0 Å². The lowest BCUT2D eigenvalue weighted by molar-refractivity contribution is 0.0366. The molecule has 0 radical (unpaired) electrons. The molecule has 1 aromatic carbocycles. The number of carbonyl (C=O) groups is 1. The number of benzene rings is 1. The largest absolute Gasteiger partial charge is 0.507 e. The Labute approximate surface area is 141 Å². The minimum absolute atomic E-state index is 0.0771. The number of hydrogen-bond donors (Lipinski definition) is 1. The summed E-state index contributed by atoms with van der Waals surface area (Å²) in [6.07, 6.45) is 0. The molecule has 0 aromatic heterocycles. The van der Waals surface area contributed by atoms with E-state index in [1.807, 2.05) is 62.3 Å². The molecule has 130 valence electrons. The van der Waals surface area contributed by atoms with Gasteiger partial charge < -0.3 is 9.84 Å². The van der Waals surface area contributed by atoms with E-state index < -0.39 is 0 Å². The van der Waals surface area contributed by atoms with Crippen molar-refractivity contribution in [2.75, 3.05) is 6.61 Å². The Kier molecular flexibility index (Phi) is 5.25. The molecule has 0 atom stereocenters. The average Bonchev–Trinajstić information content (AvgIpc) is 2.32. The zero-order valence-corrected chi connectivity index (χ0v) is 16.1. The molecule has 1 rings (SSSR count). The van der Waals surface area contributed by atoms with Crippen molar-refractivity contribution in [3.63, 3.8) is 0 Å². The number of esters is 1. The summed E-state index contributed by atoms with van der Waals surface area (Å²) in [5.41, 5.74) is 1.45. The van der Waals surface area contributed by atoms with Gasteiger partial charge in [-0.3, -0.25) is 0 Å². The minimum Gasteiger partial charge on any atom is -0.507 e. The molecule has 0 aliphatic carbocycles. The van der Waals surface area contributed by atoms with Gasteiger partial charge in [-0.15, -0.1) is 0 Å². The molecule has 0 bridgehead atoms. The molecule has 0 aliphatic heterocycles. The SMILES string of the molecule is CC(C)(C)COC(=O)c1cc(C(C)(C)C)c(O)c(C(C)(C)C)c1. The van der Waals surface area contributed by atoms with Crippen LogP contribution in [0.5, 0.6) is 5.75 Å². The molecule has 0 saturated heterocycles. The fourth-order valence-electron chi connectivity index (χ4n) is 2.26. The molecule has 23 heavy (non-hydrogen) atoms. The monoisotopic (exact) mass is 320 g/mol. The second-order valence-corrected chi connectivity index (χ2v) is 9.56. The maximum atomic E-state index is 12.5. The lowest BCUT2D eigenvalue weighted by atomic mass is 9.78. The summed E-state index contributed by atoms with van der Waals surface area (Å²) < 4.78 is 5.45. The summed E-state index contributed by atoms with van der Waals surface area (Å²) >= 11 is 0. The normalized spacial score (nSPS) is 13.1. The fraction of sp³-hybridized carbons (Fsp3) is 0.650. The molecule has 0 aliphatic rings. The fourth-order valence-corrected chi connectivity index (χ4v) is 2.26. The molecular weight excluding hydrogens is 288 g/mol. The summed E-state index contributed by atoms with van der Waals surface area (Å²) in [6.45, 7) is 18.6. The summed E-state index contributed by atoms with van der Waals surface area (Å²) in [5, 5.41) is 10.7. The Morgan fingerprint density at radius 3 is 1.61 bits per heavy atom. The maximum absolute atomic E-state index is 12.5. The van der Waals surface area contributed by atoms with Crippen LogP contribution in [0.15, 0.2) is 12.1 Å². The third-order valence-electron chi connectivity index (χ3n) is 3.60. The molecule has 0 fully saturated rings. The van der Waals surface area contributed by atoms with Crippen molar-refractivity contribution < 1.29 is 14.6 Å². The van der Waals surface area contributed by atoms with Gasteiger partial charge in [-0.05, 0) is 28.4 Å². The Morgan fingerprint density at radius 1 is 0.913 bits per heavy atom. The van der Waals surface area contributed by atoms with Crippen LogP contribution in [-0.4, -0.2) is 17.7 Å². The number of rotatable bonds is 2. The predicted octanol–water partition coefficient (Wildman–Crippen LogP) is 5.19. The van der Waals surface area contributed by atoms with E-state index in [0.717, 1.165) is 11.1 Å². The first-order chi connectivity index (χ1) is 10.1. The number of carbonyl (C=O) groups excluding carboxylic acids is 1. The van der Waals surface area contributed by atoms with E-state index >= 15 is 0 Å². The van der Waals surface area contributed by atoms with Crippen LogP contribution in [0, 0.1) is 5.41 Å². The maximum Gasteiger partial charge on any atom is 0.338 e. The molecule has 1 aromatic rings. The highest BCUT2D eigenvalue weighted by Crippen LogP contribution is 2.39. The molecule has 0 spiro atoms. The molecule has 0 heterocycles. The van der Waals surface area contributed by atoms with Crippen LogP contribution in [0.1, 0.15) is 83.8 Å². The van der Waals surface area contributed by atoms with Crippen molar-refractivity contribution in [2.45, 2.75) is 73.1 Å². The van der Waals surface area contributed by atoms with Crippen LogP contribution in [0.2, 0.25) is 0 Å². The Hall–Kier alpha value is -1.51. The first-order valence-electron chi connectivity index (χ1n) is 8.18. The number of aromatic hydroxyl groups is 1. The summed E-state index contributed by atoms with van der Waals surface area (Å²) in [6, 6.07) is 3.52. The number of ether oxygens (including phenoxy) is 1. The molecule has 0 saturated carbocycles. The molecule has 0 amide bonds. The Morgan fingerprint density at radius 2 is 1.30 bits per heavy atom. The van der Waals surface area contributed by atoms with Crippen LogP contribution in [0.3, 0.4) is 0 Å². The van der Waals surface area contributed by atoms with Crippen molar-refractivity contribution >= 4 is 5.97 Å². The van der Waals surface area contributed by atoms with Gasteiger partial charge in [0.1, 0.15) is 5.75 Å².